The van der Waals surface area contributed by atoms with E-state index in [1.165, 1.54) is 25.1 Å². The minimum atomic E-state index is -1.74. The predicted molar refractivity (Wildman–Crippen MR) is 75.8 cm³/mol. The molecule has 0 saturated heterocycles. The van der Waals surface area contributed by atoms with Gasteiger partial charge in [0.2, 0.25) is 5.91 Å². The van der Waals surface area contributed by atoms with Gasteiger partial charge in [0, 0.05) is 12.1 Å². The minimum absolute atomic E-state index is 0.00954. The number of carboxylic acids is 1. The summed E-state index contributed by atoms with van der Waals surface area (Å²) < 4.78 is 0. The van der Waals surface area contributed by atoms with Crippen LogP contribution >= 0.6 is 0 Å². The van der Waals surface area contributed by atoms with Crippen LogP contribution in [0, 0.1) is 0 Å². The van der Waals surface area contributed by atoms with Crippen molar-refractivity contribution in [2.24, 2.45) is 5.73 Å². The van der Waals surface area contributed by atoms with Gasteiger partial charge in [-0.05, 0) is 25.5 Å². The third kappa shape index (κ3) is 2.18. The van der Waals surface area contributed by atoms with E-state index in [1.807, 2.05) is 0 Å². The summed E-state index contributed by atoms with van der Waals surface area (Å²) in [7, 11) is 0. The Labute approximate surface area is 125 Å². The third-order valence-electron chi connectivity index (χ3n) is 3.80. The highest BCUT2D eigenvalue weighted by Crippen LogP contribution is 2.34. The Hall–Kier alpha value is -2.90. The Morgan fingerprint density at radius 3 is 2.41 bits per heavy atom. The smallest absolute Gasteiger partial charge is 0.303 e. The molecular weight excluding hydrogens is 290 g/mol. The topological polar surface area (TPSA) is 144 Å². The van der Waals surface area contributed by atoms with E-state index in [0.717, 1.165) is 0 Å². The zero-order valence-corrected chi connectivity index (χ0v) is 11.8. The number of hydrogen-bond donors (Lipinski definition) is 3. The molecule has 1 heterocycles. The number of carbonyl (C=O) groups is 4. The summed E-state index contributed by atoms with van der Waals surface area (Å²) in [6, 6.07) is 4.40. The van der Waals surface area contributed by atoms with Gasteiger partial charge in [0.25, 0.3) is 11.8 Å². The van der Waals surface area contributed by atoms with Crippen LogP contribution in [-0.2, 0) is 9.59 Å². The van der Waals surface area contributed by atoms with Crippen LogP contribution in [0.3, 0.4) is 0 Å². The van der Waals surface area contributed by atoms with Crippen LogP contribution in [0.5, 0.6) is 0 Å². The summed E-state index contributed by atoms with van der Waals surface area (Å²) in [6.45, 7) is 1.27. The van der Waals surface area contributed by atoms with Gasteiger partial charge in [-0.2, -0.15) is 0 Å². The molecule has 1 aliphatic heterocycles. The number of hydrogen-bond acceptors (Lipinski definition) is 5. The van der Waals surface area contributed by atoms with Gasteiger partial charge in [-0.15, -0.1) is 0 Å². The van der Waals surface area contributed by atoms with Crippen LogP contribution in [0.25, 0.3) is 0 Å². The number of nitrogens with zero attached hydrogens (tertiary/aromatic N) is 1. The van der Waals surface area contributed by atoms with Crippen molar-refractivity contribution >= 4 is 29.4 Å². The fraction of sp³-hybridized carbons (Fsp3) is 0.286. The molecule has 0 radical (unpaired) electrons. The van der Waals surface area contributed by atoms with Gasteiger partial charge in [0.15, 0.2) is 0 Å². The van der Waals surface area contributed by atoms with E-state index in [2.05, 4.69) is 0 Å². The van der Waals surface area contributed by atoms with E-state index in [1.54, 1.807) is 0 Å². The first-order valence-electron chi connectivity index (χ1n) is 6.49. The highest BCUT2D eigenvalue weighted by atomic mass is 16.4. The van der Waals surface area contributed by atoms with Crippen LogP contribution in [-0.4, -0.2) is 39.2 Å². The summed E-state index contributed by atoms with van der Waals surface area (Å²) in [5.41, 5.74) is 9.51. The lowest BCUT2D eigenvalue weighted by Gasteiger charge is -2.34. The lowest BCUT2D eigenvalue weighted by Crippen LogP contribution is -2.58. The summed E-state index contributed by atoms with van der Waals surface area (Å²) in [6.07, 6.45) is -0.689. The summed E-state index contributed by atoms with van der Waals surface area (Å²) in [5, 5.41) is 8.79. The number of amides is 3. The zero-order chi connectivity index (χ0) is 16.7. The van der Waals surface area contributed by atoms with Crippen LogP contribution in [0.15, 0.2) is 18.2 Å². The van der Waals surface area contributed by atoms with Crippen molar-refractivity contribution < 1.29 is 24.3 Å². The standard InChI is InChI=1S/C14H15N3O5/c1-14(13(16)22,6-5-9(18)19)17-11(20)7-3-2-4-8(15)10(7)12(17)21/h2-4H,5-6,15H2,1H3,(H2,16,22)(H,18,19). The molecule has 0 saturated carbocycles. The zero-order valence-electron chi connectivity index (χ0n) is 11.8. The molecule has 1 aromatic carbocycles. The maximum Gasteiger partial charge on any atom is 0.303 e. The molecule has 1 aliphatic rings. The second-order valence-corrected chi connectivity index (χ2v) is 5.25. The van der Waals surface area contributed by atoms with Crippen molar-refractivity contribution in [2.75, 3.05) is 5.73 Å². The van der Waals surface area contributed by atoms with E-state index in [0.29, 0.717) is 4.90 Å². The predicted octanol–water partition coefficient (Wildman–Crippen LogP) is -0.0264. The highest BCUT2D eigenvalue weighted by molar-refractivity contribution is 6.25. The third-order valence-corrected chi connectivity index (χ3v) is 3.80. The lowest BCUT2D eigenvalue weighted by atomic mass is 9.92. The van der Waals surface area contributed by atoms with Gasteiger partial charge in [0.05, 0.1) is 11.1 Å². The van der Waals surface area contributed by atoms with Gasteiger partial charge < -0.3 is 16.6 Å². The van der Waals surface area contributed by atoms with Crippen molar-refractivity contribution in [3.8, 4) is 0 Å². The molecule has 0 bridgehead atoms. The van der Waals surface area contributed by atoms with Gasteiger partial charge in [-0.1, -0.05) is 6.07 Å². The fourth-order valence-electron chi connectivity index (χ4n) is 2.46. The molecule has 0 fully saturated rings. The minimum Gasteiger partial charge on any atom is -0.481 e. The monoisotopic (exact) mass is 305 g/mol. The number of benzene rings is 1. The number of nitrogen functional groups attached to an aromatic ring is 1. The maximum atomic E-state index is 12.5. The summed E-state index contributed by atoms with van der Waals surface area (Å²) >= 11 is 0. The van der Waals surface area contributed by atoms with Crippen LogP contribution < -0.4 is 11.5 Å². The van der Waals surface area contributed by atoms with E-state index in [4.69, 9.17) is 16.6 Å². The molecule has 2 rings (SSSR count). The fourth-order valence-corrected chi connectivity index (χ4v) is 2.46. The van der Waals surface area contributed by atoms with E-state index in [9.17, 15) is 19.2 Å². The van der Waals surface area contributed by atoms with E-state index < -0.39 is 35.7 Å². The Morgan fingerprint density at radius 2 is 1.91 bits per heavy atom. The highest BCUT2D eigenvalue weighted by Gasteiger charge is 2.50. The van der Waals surface area contributed by atoms with Gasteiger partial charge in [-0.25, -0.2) is 0 Å². The molecule has 3 amide bonds. The normalized spacial score (nSPS) is 16.3. The quantitative estimate of drug-likeness (QED) is 0.515. The first-order valence-corrected chi connectivity index (χ1v) is 6.49. The second-order valence-electron chi connectivity index (χ2n) is 5.25. The van der Waals surface area contributed by atoms with Crippen molar-refractivity contribution in [2.45, 2.75) is 25.3 Å². The number of aliphatic carboxylic acids is 1. The molecule has 0 spiro atoms. The molecule has 116 valence electrons. The summed E-state index contributed by atoms with van der Waals surface area (Å²) in [4.78, 5) is 48.2. The molecular formula is C14H15N3O5. The number of carboxylic acid groups (broad SMARTS) is 1. The first kappa shape index (κ1) is 15.5. The number of primary amides is 1. The van der Waals surface area contributed by atoms with Gasteiger partial charge in [-0.3, -0.25) is 24.1 Å². The Kier molecular flexibility index (Phi) is 3.62. The van der Waals surface area contributed by atoms with Crippen LogP contribution in [0.4, 0.5) is 5.69 Å². The first-order chi connectivity index (χ1) is 10.2. The van der Waals surface area contributed by atoms with Crippen molar-refractivity contribution in [3.63, 3.8) is 0 Å². The van der Waals surface area contributed by atoms with E-state index in [-0.39, 0.29) is 23.2 Å². The Bertz CT molecular complexity index is 700. The lowest BCUT2D eigenvalue weighted by molar-refractivity contribution is -0.138. The SMILES string of the molecule is CC(CCC(=O)O)(C(N)=O)N1C(=O)c2cccc(N)c2C1=O. The van der Waals surface area contributed by atoms with Crippen molar-refractivity contribution in [1.29, 1.82) is 0 Å². The molecule has 22 heavy (non-hydrogen) atoms. The molecule has 5 N–H and O–H groups in total. The molecule has 0 aliphatic carbocycles. The summed E-state index contributed by atoms with van der Waals surface area (Å²) in [5.74, 6) is -3.57. The van der Waals surface area contributed by atoms with Crippen molar-refractivity contribution in [3.05, 3.63) is 29.3 Å². The van der Waals surface area contributed by atoms with Gasteiger partial charge in [0.1, 0.15) is 5.54 Å². The van der Waals surface area contributed by atoms with Crippen molar-refractivity contribution in [1.82, 2.24) is 4.90 Å². The Morgan fingerprint density at radius 1 is 1.27 bits per heavy atom. The largest absolute Gasteiger partial charge is 0.481 e. The Balaban J connectivity index is 2.50. The van der Waals surface area contributed by atoms with Crippen LogP contribution in [0.2, 0.25) is 0 Å². The molecule has 1 unspecified atom stereocenters. The van der Waals surface area contributed by atoms with Crippen LogP contribution in [0.1, 0.15) is 40.5 Å². The number of anilines is 1. The second kappa shape index (κ2) is 5.14. The number of nitrogens with two attached hydrogens (primary N) is 2. The number of imide groups is 1. The average molecular weight is 305 g/mol. The molecule has 8 nitrogen and oxygen atoms in total. The molecule has 8 heteroatoms. The number of carbonyl (C=O) groups excluding carboxylic acids is 3. The average Bonchev–Trinajstić information content (AvgIpc) is 2.69. The number of rotatable bonds is 5. The van der Waals surface area contributed by atoms with E-state index >= 15 is 0 Å². The number of fused-ring (bicyclic) bond motifs is 1. The molecule has 0 aromatic heterocycles. The molecule has 1 atom stereocenters. The molecule has 1 aromatic rings. The van der Waals surface area contributed by atoms with Gasteiger partial charge >= 0.3 is 5.97 Å². The maximum absolute atomic E-state index is 12.5.